The third-order valence-electron chi connectivity index (χ3n) is 4.03. The summed E-state index contributed by atoms with van der Waals surface area (Å²) in [6.07, 6.45) is 1.14. The lowest BCUT2D eigenvalue weighted by atomic mass is 10.2. The minimum Gasteiger partial charge on any atom is -0.495 e. The molecule has 0 N–H and O–H groups in total. The molecule has 1 heterocycles. The van der Waals surface area contributed by atoms with Crippen molar-refractivity contribution in [1.82, 2.24) is 0 Å². The number of hydrogen-bond acceptors (Lipinski definition) is 7. The Morgan fingerprint density at radius 3 is 2.41 bits per heavy atom. The van der Waals surface area contributed by atoms with Crippen LogP contribution in [0.1, 0.15) is 16.9 Å². The zero-order valence-corrected chi connectivity index (χ0v) is 16.8. The molecule has 0 amide bonds. The molecule has 29 heavy (non-hydrogen) atoms. The Morgan fingerprint density at radius 2 is 1.72 bits per heavy atom. The zero-order chi connectivity index (χ0) is 20.9. The lowest BCUT2D eigenvalue weighted by Crippen LogP contribution is -2.11. The van der Waals surface area contributed by atoms with Gasteiger partial charge in [-0.3, -0.25) is 8.98 Å². The van der Waals surface area contributed by atoms with Crippen molar-refractivity contribution < 1.29 is 26.5 Å². The number of ether oxygens (including phenoxy) is 2. The minimum atomic E-state index is -4.11. The van der Waals surface area contributed by atoms with Gasteiger partial charge in [0.05, 0.1) is 7.11 Å². The lowest BCUT2D eigenvalue weighted by molar-refractivity contribution is 0.256. The molecule has 0 saturated carbocycles. The maximum atomic E-state index is 12.5. The quantitative estimate of drug-likeness (QED) is 0.519. The predicted octanol–water partition coefficient (Wildman–Crippen LogP) is 3.44. The van der Waals surface area contributed by atoms with Gasteiger partial charge in [-0.05, 0) is 30.2 Å². The zero-order valence-electron chi connectivity index (χ0n) is 16.0. The van der Waals surface area contributed by atoms with Gasteiger partial charge in [0.2, 0.25) is 11.2 Å². The van der Waals surface area contributed by atoms with Gasteiger partial charge in [0.25, 0.3) is 0 Å². The normalized spacial score (nSPS) is 11.2. The smallest absolute Gasteiger partial charge is 0.301 e. The molecule has 0 aliphatic heterocycles. The third kappa shape index (κ3) is 5.24. The molecule has 3 rings (SSSR count). The first kappa shape index (κ1) is 20.6. The van der Waals surface area contributed by atoms with E-state index >= 15 is 0 Å². The van der Waals surface area contributed by atoms with E-state index in [2.05, 4.69) is 0 Å². The van der Waals surface area contributed by atoms with Crippen LogP contribution in [0.4, 0.5) is 0 Å². The van der Waals surface area contributed by atoms with Gasteiger partial charge in [0, 0.05) is 6.07 Å². The fourth-order valence-corrected chi connectivity index (χ4v) is 3.66. The van der Waals surface area contributed by atoms with Crippen LogP contribution in [0.2, 0.25) is 0 Å². The number of rotatable bonds is 8. The van der Waals surface area contributed by atoms with E-state index < -0.39 is 22.2 Å². The van der Waals surface area contributed by atoms with E-state index in [9.17, 15) is 13.2 Å². The first-order chi connectivity index (χ1) is 13.9. The van der Waals surface area contributed by atoms with Crippen LogP contribution in [0.5, 0.6) is 11.5 Å². The van der Waals surface area contributed by atoms with Gasteiger partial charge in [-0.25, -0.2) is 0 Å². The third-order valence-corrected chi connectivity index (χ3v) is 5.32. The second-order valence-corrected chi connectivity index (χ2v) is 7.80. The first-order valence-corrected chi connectivity index (χ1v) is 10.1. The highest BCUT2D eigenvalue weighted by Crippen LogP contribution is 2.27. The van der Waals surface area contributed by atoms with Crippen molar-refractivity contribution in [2.24, 2.45) is 0 Å². The summed E-state index contributed by atoms with van der Waals surface area (Å²) < 4.78 is 45.9. The van der Waals surface area contributed by atoms with E-state index in [1.165, 1.54) is 13.2 Å². The number of methoxy groups -OCH3 is 1. The highest BCUT2D eigenvalue weighted by Gasteiger charge is 2.21. The van der Waals surface area contributed by atoms with Crippen molar-refractivity contribution in [3.05, 3.63) is 88.0 Å². The second-order valence-electron chi connectivity index (χ2n) is 6.22. The lowest BCUT2D eigenvalue weighted by Gasteiger charge is -2.10. The van der Waals surface area contributed by atoms with E-state index in [-0.39, 0.29) is 28.8 Å². The van der Waals surface area contributed by atoms with Gasteiger partial charge < -0.3 is 13.9 Å². The van der Waals surface area contributed by atoms with Crippen molar-refractivity contribution >= 4 is 10.1 Å². The molecule has 0 spiro atoms. The molecule has 8 heteroatoms. The highest BCUT2D eigenvalue weighted by molar-refractivity contribution is 7.86. The first-order valence-electron chi connectivity index (χ1n) is 8.71. The van der Waals surface area contributed by atoms with Gasteiger partial charge in [-0.15, -0.1) is 0 Å². The number of aryl methyl sites for hydroxylation is 1. The molecular weight excluding hydrogens is 396 g/mol. The van der Waals surface area contributed by atoms with Crippen LogP contribution < -0.4 is 14.9 Å². The predicted molar refractivity (Wildman–Crippen MR) is 105 cm³/mol. The Hall–Kier alpha value is -3.10. The summed E-state index contributed by atoms with van der Waals surface area (Å²) in [7, 11) is -2.74. The molecular formula is C21H20O7S. The summed E-state index contributed by atoms with van der Waals surface area (Å²) in [6.45, 7) is 1.53. The Balaban J connectivity index is 1.69. The summed E-state index contributed by atoms with van der Waals surface area (Å²) in [5, 5.41) is 0. The van der Waals surface area contributed by atoms with E-state index in [1.807, 2.05) is 30.3 Å². The van der Waals surface area contributed by atoms with Crippen LogP contribution in [0.3, 0.4) is 0 Å². The molecule has 0 radical (unpaired) electrons. The van der Waals surface area contributed by atoms with Crippen molar-refractivity contribution in [3.8, 4) is 11.5 Å². The van der Waals surface area contributed by atoms with Crippen LogP contribution in [0.25, 0.3) is 0 Å². The van der Waals surface area contributed by atoms with Crippen molar-refractivity contribution in [2.45, 2.75) is 25.0 Å². The van der Waals surface area contributed by atoms with Crippen LogP contribution in [-0.4, -0.2) is 15.5 Å². The van der Waals surface area contributed by atoms with Gasteiger partial charge >= 0.3 is 10.1 Å². The van der Waals surface area contributed by atoms with E-state index in [4.69, 9.17) is 18.1 Å². The molecule has 0 saturated heterocycles. The molecule has 7 nitrogen and oxygen atoms in total. The Bertz CT molecular complexity index is 1140. The molecule has 0 aliphatic rings. The monoisotopic (exact) mass is 416 g/mol. The summed E-state index contributed by atoms with van der Waals surface area (Å²) >= 11 is 0. The fourth-order valence-electron chi connectivity index (χ4n) is 2.53. The Labute approximate surface area is 168 Å². The molecule has 0 atom stereocenters. The summed E-state index contributed by atoms with van der Waals surface area (Å²) in [5.41, 5.74) is 1.20. The topological polar surface area (TPSA) is 92.0 Å². The molecule has 152 valence electrons. The standard InChI is InChI=1S/C21H20O7S/c1-15-8-9-19(25-2)21(10-15)29(23,24)28-13-17-11-18(22)20(14-26-17)27-12-16-6-4-3-5-7-16/h3-11,14H,12-13H2,1-2H3. The average molecular weight is 416 g/mol. The molecule has 2 aromatic carbocycles. The summed E-state index contributed by atoms with van der Waals surface area (Å²) in [4.78, 5) is 12.1. The van der Waals surface area contributed by atoms with Gasteiger partial charge in [0.1, 0.15) is 35.9 Å². The van der Waals surface area contributed by atoms with E-state index in [1.54, 1.807) is 19.1 Å². The molecule has 1 aromatic heterocycles. The molecule has 0 unspecified atom stereocenters. The largest absolute Gasteiger partial charge is 0.495 e. The average Bonchev–Trinajstić information content (AvgIpc) is 2.72. The number of hydrogen-bond donors (Lipinski definition) is 0. The summed E-state index contributed by atoms with van der Waals surface area (Å²) in [5.74, 6) is 0.250. The molecule has 0 aliphatic carbocycles. The minimum absolute atomic E-state index is 0.0285. The van der Waals surface area contributed by atoms with Crippen molar-refractivity contribution in [2.75, 3.05) is 7.11 Å². The van der Waals surface area contributed by atoms with Crippen LogP contribution >= 0.6 is 0 Å². The highest BCUT2D eigenvalue weighted by atomic mass is 32.2. The SMILES string of the molecule is COc1ccc(C)cc1S(=O)(=O)OCc1cc(=O)c(OCc2ccccc2)co1. The Morgan fingerprint density at radius 1 is 0.966 bits per heavy atom. The molecule has 3 aromatic rings. The fraction of sp³-hybridized carbons (Fsp3) is 0.190. The Kier molecular flexibility index (Phi) is 6.36. The second kappa shape index (κ2) is 8.93. The molecule has 0 fully saturated rings. The van der Waals surface area contributed by atoms with Crippen LogP contribution in [0, 0.1) is 6.92 Å². The van der Waals surface area contributed by atoms with E-state index in [0.29, 0.717) is 0 Å². The van der Waals surface area contributed by atoms with Crippen LogP contribution in [0.15, 0.2) is 75.0 Å². The van der Waals surface area contributed by atoms with Gasteiger partial charge in [-0.1, -0.05) is 36.4 Å². The molecule has 0 bridgehead atoms. The van der Waals surface area contributed by atoms with Crippen LogP contribution in [-0.2, 0) is 27.5 Å². The summed E-state index contributed by atoms with van der Waals surface area (Å²) in [6, 6.07) is 15.2. The van der Waals surface area contributed by atoms with E-state index in [0.717, 1.165) is 23.5 Å². The van der Waals surface area contributed by atoms with Crippen molar-refractivity contribution in [1.29, 1.82) is 0 Å². The van der Waals surface area contributed by atoms with Crippen molar-refractivity contribution in [3.63, 3.8) is 0 Å². The van der Waals surface area contributed by atoms with Gasteiger partial charge in [0.15, 0.2) is 0 Å². The number of benzene rings is 2. The maximum Gasteiger partial charge on any atom is 0.301 e. The van der Waals surface area contributed by atoms with Gasteiger partial charge in [-0.2, -0.15) is 8.42 Å². The maximum absolute atomic E-state index is 12.5.